The molecule has 1 saturated carbocycles. The second-order valence-electron chi connectivity index (χ2n) is 7.26. The van der Waals surface area contributed by atoms with Crippen molar-refractivity contribution in [3.05, 3.63) is 29.8 Å². The van der Waals surface area contributed by atoms with Gasteiger partial charge in [-0.15, -0.1) is 0 Å². The summed E-state index contributed by atoms with van der Waals surface area (Å²) in [6.07, 6.45) is 5.76. The van der Waals surface area contributed by atoms with E-state index in [1.54, 1.807) is 0 Å². The third-order valence-electron chi connectivity index (χ3n) is 5.52. The Morgan fingerprint density at radius 1 is 1.24 bits per heavy atom. The number of nitrogens with zero attached hydrogens (tertiary/aromatic N) is 1. The fourth-order valence-corrected chi connectivity index (χ4v) is 4.27. The molecule has 0 aromatic heterocycles. The summed E-state index contributed by atoms with van der Waals surface area (Å²) in [4.78, 5) is 2.54. The molecule has 0 amide bonds. The lowest BCUT2D eigenvalue weighted by molar-refractivity contribution is 0.0501. The number of aliphatic hydroxyl groups is 1. The first-order chi connectivity index (χ1) is 10.2. The molecule has 0 saturated heterocycles. The van der Waals surface area contributed by atoms with Crippen molar-refractivity contribution in [2.45, 2.75) is 52.1 Å². The summed E-state index contributed by atoms with van der Waals surface area (Å²) in [5, 5.41) is 10.4. The summed E-state index contributed by atoms with van der Waals surface area (Å²) in [5.41, 5.74) is 2.88. The molecule has 1 aliphatic carbocycles. The van der Waals surface area contributed by atoms with Gasteiger partial charge in [0.25, 0.3) is 0 Å². The molecule has 1 aromatic rings. The fraction of sp³-hybridized carbons (Fsp3) is 0.684. The van der Waals surface area contributed by atoms with Crippen LogP contribution in [0.3, 0.4) is 0 Å². The maximum atomic E-state index is 10.4. The van der Waals surface area contributed by atoms with Gasteiger partial charge in [0.1, 0.15) is 0 Å². The van der Waals surface area contributed by atoms with Crippen LogP contribution < -0.4 is 4.90 Å². The lowest BCUT2D eigenvalue weighted by Gasteiger charge is -2.41. The van der Waals surface area contributed by atoms with Gasteiger partial charge in [0.2, 0.25) is 0 Å². The zero-order chi connectivity index (χ0) is 14.8. The Kier molecular flexibility index (Phi) is 4.54. The molecule has 4 unspecified atom stereocenters. The minimum atomic E-state index is -0.0998. The molecule has 1 aromatic carbocycles. The topological polar surface area (TPSA) is 23.5 Å². The van der Waals surface area contributed by atoms with E-state index in [0.29, 0.717) is 11.8 Å². The lowest BCUT2D eigenvalue weighted by atomic mass is 9.77. The maximum absolute atomic E-state index is 10.4. The van der Waals surface area contributed by atoms with E-state index < -0.39 is 0 Å². The van der Waals surface area contributed by atoms with Crippen LogP contribution in [-0.2, 0) is 6.42 Å². The molecule has 1 heterocycles. The molecule has 0 spiro atoms. The molecular formula is C19H29NO. The Balaban J connectivity index is 1.75. The summed E-state index contributed by atoms with van der Waals surface area (Å²) in [6.45, 7) is 6.79. The highest BCUT2D eigenvalue weighted by Crippen LogP contribution is 2.35. The SMILES string of the molecule is CCC1CCC(O)C(CN2CC(C)Cc3ccccc32)C1. The van der Waals surface area contributed by atoms with Crippen LogP contribution in [-0.4, -0.2) is 24.3 Å². The normalized spacial score (nSPS) is 32.8. The van der Waals surface area contributed by atoms with Crippen molar-refractivity contribution in [2.24, 2.45) is 17.8 Å². The van der Waals surface area contributed by atoms with Crippen LogP contribution in [0.25, 0.3) is 0 Å². The van der Waals surface area contributed by atoms with Crippen LogP contribution >= 0.6 is 0 Å². The van der Waals surface area contributed by atoms with Gasteiger partial charge in [0.15, 0.2) is 0 Å². The van der Waals surface area contributed by atoms with Crippen molar-refractivity contribution in [3.8, 4) is 0 Å². The van der Waals surface area contributed by atoms with E-state index in [4.69, 9.17) is 0 Å². The molecule has 116 valence electrons. The number of benzene rings is 1. The Labute approximate surface area is 129 Å². The zero-order valence-corrected chi connectivity index (χ0v) is 13.5. The van der Waals surface area contributed by atoms with Crippen LogP contribution in [0.5, 0.6) is 0 Å². The van der Waals surface area contributed by atoms with Gasteiger partial charge in [0.05, 0.1) is 6.10 Å². The Bertz CT molecular complexity index is 472. The Morgan fingerprint density at radius 3 is 2.86 bits per heavy atom. The van der Waals surface area contributed by atoms with Crippen LogP contribution in [0.1, 0.15) is 45.1 Å². The van der Waals surface area contributed by atoms with Crippen molar-refractivity contribution in [2.75, 3.05) is 18.0 Å². The van der Waals surface area contributed by atoms with Crippen LogP contribution in [0.4, 0.5) is 5.69 Å². The fourth-order valence-electron chi connectivity index (χ4n) is 4.27. The highest BCUT2D eigenvalue weighted by molar-refractivity contribution is 5.55. The highest BCUT2D eigenvalue weighted by Gasteiger charge is 2.31. The Morgan fingerprint density at radius 2 is 2.05 bits per heavy atom. The third-order valence-corrected chi connectivity index (χ3v) is 5.52. The largest absolute Gasteiger partial charge is 0.393 e. The van der Waals surface area contributed by atoms with E-state index in [9.17, 15) is 5.11 Å². The van der Waals surface area contributed by atoms with Crippen molar-refractivity contribution < 1.29 is 5.11 Å². The van der Waals surface area contributed by atoms with Crippen molar-refractivity contribution in [1.29, 1.82) is 0 Å². The first-order valence-electron chi connectivity index (χ1n) is 8.68. The van der Waals surface area contributed by atoms with E-state index in [0.717, 1.165) is 25.4 Å². The second-order valence-corrected chi connectivity index (χ2v) is 7.26. The molecule has 4 atom stereocenters. The molecule has 3 rings (SSSR count). The van der Waals surface area contributed by atoms with Gasteiger partial charge in [-0.1, -0.05) is 38.5 Å². The quantitative estimate of drug-likeness (QED) is 0.912. The average molecular weight is 287 g/mol. The number of fused-ring (bicyclic) bond motifs is 1. The average Bonchev–Trinajstić information content (AvgIpc) is 2.49. The highest BCUT2D eigenvalue weighted by atomic mass is 16.3. The number of anilines is 1. The van der Waals surface area contributed by atoms with Gasteiger partial charge >= 0.3 is 0 Å². The predicted octanol–water partition coefficient (Wildman–Crippen LogP) is 3.87. The Hall–Kier alpha value is -1.02. The van der Waals surface area contributed by atoms with Gasteiger partial charge in [-0.25, -0.2) is 0 Å². The summed E-state index contributed by atoms with van der Waals surface area (Å²) in [7, 11) is 0. The molecule has 0 bridgehead atoms. The van der Waals surface area contributed by atoms with E-state index in [1.807, 2.05) is 0 Å². The number of aliphatic hydroxyl groups excluding tert-OH is 1. The van der Waals surface area contributed by atoms with Crippen molar-refractivity contribution in [1.82, 2.24) is 0 Å². The summed E-state index contributed by atoms with van der Waals surface area (Å²) >= 11 is 0. The minimum Gasteiger partial charge on any atom is -0.393 e. The molecule has 2 aliphatic rings. The number of para-hydroxylation sites is 1. The molecule has 1 aliphatic heterocycles. The molecule has 2 nitrogen and oxygen atoms in total. The van der Waals surface area contributed by atoms with E-state index in [2.05, 4.69) is 43.0 Å². The molecule has 1 fully saturated rings. The summed E-state index contributed by atoms with van der Waals surface area (Å²) < 4.78 is 0. The smallest absolute Gasteiger partial charge is 0.0585 e. The number of hydrogen-bond donors (Lipinski definition) is 1. The van der Waals surface area contributed by atoms with Gasteiger partial charge < -0.3 is 10.0 Å². The van der Waals surface area contributed by atoms with Gasteiger partial charge in [0, 0.05) is 24.7 Å². The first kappa shape index (κ1) is 14.9. The van der Waals surface area contributed by atoms with Crippen LogP contribution in [0.15, 0.2) is 24.3 Å². The van der Waals surface area contributed by atoms with Gasteiger partial charge in [-0.05, 0) is 49.1 Å². The summed E-state index contributed by atoms with van der Waals surface area (Å²) in [5.74, 6) is 1.97. The maximum Gasteiger partial charge on any atom is 0.0585 e. The molecule has 1 N–H and O–H groups in total. The molecule has 2 heteroatoms. The third kappa shape index (κ3) is 3.26. The van der Waals surface area contributed by atoms with E-state index in [-0.39, 0.29) is 6.10 Å². The monoisotopic (exact) mass is 287 g/mol. The lowest BCUT2D eigenvalue weighted by Crippen LogP contribution is -2.42. The molecular weight excluding hydrogens is 258 g/mol. The van der Waals surface area contributed by atoms with Gasteiger partial charge in [-0.3, -0.25) is 0 Å². The number of rotatable bonds is 3. The van der Waals surface area contributed by atoms with Crippen molar-refractivity contribution in [3.63, 3.8) is 0 Å². The zero-order valence-electron chi connectivity index (χ0n) is 13.5. The van der Waals surface area contributed by atoms with E-state index in [1.165, 1.54) is 36.9 Å². The second kappa shape index (κ2) is 6.39. The minimum absolute atomic E-state index is 0.0998. The number of hydrogen-bond acceptors (Lipinski definition) is 2. The van der Waals surface area contributed by atoms with Crippen LogP contribution in [0, 0.1) is 17.8 Å². The predicted molar refractivity (Wildman–Crippen MR) is 88.7 cm³/mol. The molecule has 21 heavy (non-hydrogen) atoms. The summed E-state index contributed by atoms with van der Waals surface area (Å²) in [6, 6.07) is 8.82. The molecule has 0 radical (unpaired) electrons. The van der Waals surface area contributed by atoms with Crippen molar-refractivity contribution >= 4 is 5.69 Å². The standard InChI is InChI=1S/C19H29NO/c1-3-15-8-9-19(21)17(11-15)13-20-12-14(2)10-16-6-4-5-7-18(16)20/h4-7,14-15,17,19,21H,3,8-13H2,1-2H3. The van der Waals surface area contributed by atoms with Gasteiger partial charge in [-0.2, -0.15) is 0 Å². The first-order valence-corrected chi connectivity index (χ1v) is 8.68. The van der Waals surface area contributed by atoms with Crippen LogP contribution in [0.2, 0.25) is 0 Å². The van der Waals surface area contributed by atoms with E-state index >= 15 is 0 Å².